The van der Waals surface area contributed by atoms with E-state index >= 15 is 4.39 Å². The third-order valence-corrected chi connectivity index (χ3v) is 5.47. The van der Waals surface area contributed by atoms with Crippen LogP contribution in [-0.4, -0.2) is 37.9 Å². The van der Waals surface area contributed by atoms with Crippen molar-refractivity contribution in [2.24, 2.45) is 11.8 Å². The van der Waals surface area contributed by atoms with Gasteiger partial charge in [0.2, 0.25) is 0 Å². The highest BCUT2D eigenvalue weighted by atomic mass is 19.1. The number of nitrogens with one attached hydrogen (secondary N) is 1. The first-order valence-electron chi connectivity index (χ1n) is 11.8. The molecule has 0 aliphatic rings. The van der Waals surface area contributed by atoms with E-state index in [2.05, 4.69) is 57.0 Å². The molecular formula is C27H39FN2O3. The second-order valence-electron chi connectivity index (χ2n) is 9.52. The SMILES string of the molecule is CCc1ccc(Nc2cc(C(COC)CC(=O)O)cc(F)c2N(CC(C)C)CC(C)C)cc1. The number of carboxylic acid groups (broad SMARTS) is 1. The first-order valence-corrected chi connectivity index (χ1v) is 11.8. The van der Waals surface area contributed by atoms with Gasteiger partial charge in [0.1, 0.15) is 5.82 Å². The van der Waals surface area contributed by atoms with E-state index in [1.165, 1.54) is 18.7 Å². The highest BCUT2D eigenvalue weighted by molar-refractivity contribution is 5.77. The summed E-state index contributed by atoms with van der Waals surface area (Å²) in [6.45, 7) is 12.2. The van der Waals surface area contributed by atoms with Crippen LogP contribution in [0.3, 0.4) is 0 Å². The molecule has 0 aliphatic carbocycles. The molecule has 0 saturated carbocycles. The lowest BCUT2D eigenvalue weighted by Gasteiger charge is -2.32. The smallest absolute Gasteiger partial charge is 0.304 e. The summed E-state index contributed by atoms with van der Waals surface area (Å²) < 4.78 is 21.0. The molecule has 2 aromatic carbocycles. The summed E-state index contributed by atoms with van der Waals surface area (Å²) in [7, 11) is 1.53. The maximum Gasteiger partial charge on any atom is 0.304 e. The van der Waals surface area contributed by atoms with Crippen molar-refractivity contribution in [3.8, 4) is 0 Å². The number of carboxylic acids is 1. The number of hydrogen-bond acceptors (Lipinski definition) is 4. The molecule has 0 bridgehead atoms. The van der Waals surface area contributed by atoms with Crippen LogP contribution in [0.1, 0.15) is 58.1 Å². The zero-order valence-electron chi connectivity index (χ0n) is 20.8. The minimum Gasteiger partial charge on any atom is -0.481 e. The van der Waals surface area contributed by atoms with Crippen molar-refractivity contribution >= 4 is 23.0 Å². The molecule has 1 atom stereocenters. The van der Waals surface area contributed by atoms with Gasteiger partial charge in [-0.2, -0.15) is 0 Å². The average Bonchev–Trinajstić information content (AvgIpc) is 2.72. The van der Waals surface area contributed by atoms with Crippen molar-refractivity contribution in [2.75, 3.05) is 37.0 Å². The fourth-order valence-electron chi connectivity index (χ4n) is 4.08. The van der Waals surface area contributed by atoms with Crippen molar-refractivity contribution < 1.29 is 19.0 Å². The molecule has 0 aliphatic heterocycles. The van der Waals surface area contributed by atoms with E-state index in [0.29, 0.717) is 41.9 Å². The number of nitrogens with zero attached hydrogens (tertiary/aromatic N) is 1. The van der Waals surface area contributed by atoms with Crippen LogP contribution in [0.25, 0.3) is 0 Å². The Morgan fingerprint density at radius 2 is 1.70 bits per heavy atom. The molecule has 2 N–H and O–H groups in total. The second kappa shape index (κ2) is 12.6. The summed E-state index contributed by atoms with van der Waals surface area (Å²) >= 11 is 0. The Labute approximate surface area is 198 Å². The first-order chi connectivity index (χ1) is 15.6. The molecule has 6 heteroatoms. The number of carbonyl (C=O) groups is 1. The Bertz CT molecular complexity index is 887. The fourth-order valence-corrected chi connectivity index (χ4v) is 4.08. The molecule has 2 aromatic rings. The molecule has 0 saturated heterocycles. The van der Waals surface area contributed by atoms with Gasteiger partial charge in [-0.15, -0.1) is 0 Å². The fraction of sp³-hybridized carbons (Fsp3) is 0.519. The van der Waals surface area contributed by atoms with Crippen molar-refractivity contribution in [1.82, 2.24) is 0 Å². The van der Waals surface area contributed by atoms with Crippen LogP contribution in [0.5, 0.6) is 0 Å². The summed E-state index contributed by atoms with van der Waals surface area (Å²) in [5.74, 6) is -1.02. The van der Waals surface area contributed by atoms with Crippen LogP contribution in [0.15, 0.2) is 36.4 Å². The summed E-state index contributed by atoms with van der Waals surface area (Å²) in [6, 6.07) is 11.5. The predicted octanol–water partition coefficient (Wildman–Crippen LogP) is 6.45. The quantitative estimate of drug-likeness (QED) is 0.361. The van der Waals surface area contributed by atoms with Crippen molar-refractivity contribution in [1.29, 1.82) is 0 Å². The maximum absolute atomic E-state index is 15.8. The van der Waals surface area contributed by atoms with Crippen molar-refractivity contribution in [3.63, 3.8) is 0 Å². The van der Waals surface area contributed by atoms with Crippen LogP contribution in [0, 0.1) is 17.7 Å². The Morgan fingerprint density at radius 1 is 1.09 bits per heavy atom. The topological polar surface area (TPSA) is 61.8 Å². The van der Waals surface area contributed by atoms with E-state index in [-0.39, 0.29) is 18.8 Å². The van der Waals surface area contributed by atoms with Gasteiger partial charge in [0.05, 0.1) is 24.4 Å². The van der Waals surface area contributed by atoms with Gasteiger partial charge in [0.25, 0.3) is 0 Å². The molecule has 0 aromatic heterocycles. The average molecular weight is 459 g/mol. The molecular weight excluding hydrogens is 419 g/mol. The Kier molecular flexibility index (Phi) is 10.2. The zero-order valence-corrected chi connectivity index (χ0v) is 20.8. The molecule has 5 nitrogen and oxygen atoms in total. The molecule has 2 rings (SSSR count). The molecule has 0 amide bonds. The molecule has 0 spiro atoms. The summed E-state index contributed by atoms with van der Waals surface area (Å²) in [4.78, 5) is 13.5. The Morgan fingerprint density at radius 3 is 2.18 bits per heavy atom. The number of hydrogen-bond donors (Lipinski definition) is 2. The van der Waals surface area contributed by atoms with Gasteiger partial charge < -0.3 is 20.1 Å². The molecule has 0 radical (unpaired) electrons. The lowest BCUT2D eigenvalue weighted by molar-refractivity contribution is -0.137. The van der Waals surface area contributed by atoms with E-state index < -0.39 is 11.9 Å². The maximum atomic E-state index is 15.8. The number of methoxy groups -OCH3 is 1. The number of ether oxygens (including phenoxy) is 1. The molecule has 0 fully saturated rings. The molecule has 182 valence electrons. The van der Waals surface area contributed by atoms with Crippen LogP contribution in [-0.2, 0) is 16.0 Å². The Balaban J connectivity index is 2.60. The third-order valence-electron chi connectivity index (χ3n) is 5.47. The van der Waals surface area contributed by atoms with E-state index in [1.807, 2.05) is 18.2 Å². The van der Waals surface area contributed by atoms with Gasteiger partial charge >= 0.3 is 5.97 Å². The van der Waals surface area contributed by atoms with Gasteiger partial charge in [-0.3, -0.25) is 4.79 Å². The van der Waals surface area contributed by atoms with Gasteiger partial charge in [-0.1, -0.05) is 46.8 Å². The molecule has 1 unspecified atom stereocenters. The van der Waals surface area contributed by atoms with E-state index in [1.54, 1.807) is 0 Å². The van der Waals surface area contributed by atoms with Gasteiger partial charge in [-0.25, -0.2) is 4.39 Å². The third kappa shape index (κ3) is 8.04. The number of aryl methyl sites for hydroxylation is 1. The highest BCUT2D eigenvalue weighted by Crippen LogP contribution is 2.37. The second-order valence-corrected chi connectivity index (χ2v) is 9.52. The van der Waals surface area contributed by atoms with Crippen LogP contribution in [0.4, 0.5) is 21.5 Å². The van der Waals surface area contributed by atoms with Crippen molar-refractivity contribution in [3.05, 3.63) is 53.3 Å². The van der Waals surface area contributed by atoms with E-state index in [4.69, 9.17) is 4.74 Å². The minimum atomic E-state index is -0.938. The van der Waals surface area contributed by atoms with E-state index in [9.17, 15) is 9.90 Å². The van der Waals surface area contributed by atoms with Crippen LogP contribution >= 0.6 is 0 Å². The van der Waals surface area contributed by atoms with Gasteiger partial charge in [-0.05, 0) is 53.6 Å². The molecule has 0 heterocycles. The monoisotopic (exact) mass is 458 g/mol. The van der Waals surface area contributed by atoms with Crippen LogP contribution < -0.4 is 10.2 Å². The normalized spacial score (nSPS) is 12.3. The number of halogens is 1. The number of rotatable bonds is 13. The number of aliphatic carboxylic acids is 1. The summed E-state index contributed by atoms with van der Waals surface area (Å²) in [5, 5.41) is 12.8. The highest BCUT2D eigenvalue weighted by Gasteiger charge is 2.24. The Hall–Kier alpha value is -2.60. The lowest BCUT2D eigenvalue weighted by Crippen LogP contribution is -2.32. The number of benzene rings is 2. The first kappa shape index (κ1) is 26.7. The van der Waals surface area contributed by atoms with Gasteiger partial charge in [0, 0.05) is 31.8 Å². The summed E-state index contributed by atoms with van der Waals surface area (Å²) in [6.07, 6.45) is 0.819. The van der Waals surface area contributed by atoms with Crippen molar-refractivity contribution in [2.45, 2.75) is 53.4 Å². The largest absolute Gasteiger partial charge is 0.481 e. The standard InChI is InChI=1S/C27H39FN2O3/c1-7-20-8-10-23(11-9-20)29-25-13-21(22(17-33-6)14-26(31)32)12-24(28)27(25)30(15-18(2)3)16-19(4)5/h8-13,18-19,22,29H,7,14-17H2,1-6H3,(H,31,32). The summed E-state index contributed by atoms with van der Waals surface area (Å²) in [5.41, 5.74) is 3.86. The molecule has 33 heavy (non-hydrogen) atoms. The van der Waals surface area contributed by atoms with Gasteiger partial charge in [0.15, 0.2) is 0 Å². The lowest BCUT2D eigenvalue weighted by atomic mass is 9.94. The zero-order chi connectivity index (χ0) is 24.5. The minimum absolute atomic E-state index is 0.126. The van der Waals surface area contributed by atoms with E-state index in [0.717, 1.165) is 12.1 Å². The van der Waals surface area contributed by atoms with Crippen LogP contribution in [0.2, 0.25) is 0 Å². The predicted molar refractivity (Wildman–Crippen MR) is 134 cm³/mol. The number of anilines is 3.